The van der Waals surface area contributed by atoms with Gasteiger partial charge in [0, 0.05) is 38.8 Å². The van der Waals surface area contributed by atoms with Gasteiger partial charge < -0.3 is 19.9 Å². The summed E-state index contributed by atoms with van der Waals surface area (Å²) in [6.45, 7) is 11.0. The van der Waals surface area contributed by atoms with Crippen molar-refractivity contribution in [3.05, 3.63) is 42.5 Å². The van der Waals surface area contributed by atoms with Crippen molar-refractivity contribution in [2.45, 2.75) is 32.2 Å². The van der Waals surface area contributed by atoms with Gasteiger partial charge in [0.2, 0.25) is 0 Å². The first-order valence-electron chi connectivity index (χ1n) is 10.3. The maximum absolute atomic E-state index is 5.76. The first-order chi connectivity index (χ1) is 13.3. The molecule has 2 saturated heterocycles. The molecule has 0 radical (unpaired) electrons. The van der Waals surface area contributed by atoms with E-state index < -0.39 is 0 Å². The van der Waals surface area contributed by atoms with Crippen molar-refractivity contribution in [1.29, 1.82) is 0 Å². The minimum atomic E-state index is 0. The number of piperidine rings is 1. The van der Waals surface area contributed by atoms with E-state index in [1.807, 2.05) is 25.2 Å². The molecule has 0 spiro atoms. The smallest absolute Gasteiger partial charge is 0.193 e. The van der Waals surface area contributed by atoms with Crippen LogP contribution in [0.2, 0.25) is 0 Å². The van der Waals surface area contributed by atoms with Crippen LogP contribution in [0.5, 0.6) is 5.75 Å². The zero-order valence-corrected chi connectivity index (χ0v) is 19.4. The number of likely N-dealkylation sites (tertiary alicyclic amines) is 2. The van der Waals surface area contributed by atoms with E-state index in [4.69, 9.17) is 4.74 Å². The molecule has 2 heterocycles. The normalized spacial score (nSPS) is 20.5. The van der Waals surface area contributed by atoms with Crippen LogP contribution in [-0.2, 0) is 6.54 Å². The lowest BCUT2D eigenvalue weighted by molar-refractivity contribution is 0.198. The van der Waals surface area contributed by atoms with Gasteiger partial charge in [-0.25, -0.2) is 0 Å². The van der Waals surface area contributed by atoms with Gasteiger partial charge in [0.05, 0.1) is 0 Å². The van der Waals surface area contributed by atoms with Gasteiger partial charge in [-0.3, -0.25) is 4.99 Å². The molecule has 5 nitrogen and oxygen atoms in total. The van der Waals surface area contributed by atoms with Crippen LogP contribution in [0, 0.1) is 5.92 Å². The number of rotatable bonds is 7. The third kappa shape index (κ3) is 6.65. The molecule has 1 atom stereocenters. The quantitative estimate of drug-likeness (QED) is 0.269. The molecule has 0 amide bonds. The molecule has 2 aliphatic rings. The SMILES string of the molecule is C=CCOc1ccccc1CNC(=NC)N1CCC(CN2CCCCC2)C1.I. The highest BCUT2D eigenvalue weighted by Crippen LogP contribution is 2.21. The average molecular weight is 498 g/mol. The number of halogens is 1. The Bertz CT molecular complexity index is 631. The van der Waals surface area contributed by atoms with Crippen LogP contribution in [0.1, 0.15) is 31.2 Å². The Balaban J connectivity index is 0.00000280. The molecular weight excluding hydrogens is 463 g/mol. The Hall–Kier alpha value is -1.28. The van der Waals surface area contributed by atoms with Crippen LogP contribution >= 0.6 is 24.0 Å². The Labute approximate surface area is 187 Å². The van der Waals surface area contributed by atoms with Crippen molar-refractivity contribution in [3.63, 3.8) is 0 Å². The number of hydrogen-bond donors (Lipinski definition) is 1. The summed E-state index contributed by atoms with van der Waals surface area (Å²) in [5.41, 5.74) is 1.14. The maximum atomic E-state index is 5.76. The highest BCUT2D eigenvalue weighted by atomic mass is 127. The summed E-state index contributed by atoms with van der Waals surface area (Å²) in [5.74, 6) is 2.66. The highest BCUT2D eigenvalue weighted by molar-refractivity contribution is 14.0. The van der Waals surface area contributed by atoms with Crippen LogP contribution in [0.3, 0.4) is 0 Å². The molecule has 28 heavy (non-hydrogen) atoms. The monoisotopic (exact) mass is 498 g/mol. The molecule has 1 aromatic carbocycles. The highest BCUT2D eigenvalue weighted by Gasteiger charge is 2.27. The zero-order valence-electron chi connectivity index (χ0n) is 17.1. The molecule has 0 bridgehead atoms. The number of hydrogen-bond acceptors (Lipinski definition) is 3. The van der Waals surface area contributed by atoms with Crippen molar-refractivity contribution in [3.8, 4) is 5.75 Å². The number of benzene rings is 1. The molecule has 156 valence electrons. The fourth-order valence-electron chi connectivity index (χ4n) is 4.13. The minimum Gasteiger partial charge on any atom is -0.489 e. The van der Waals surface area contributed by atoms with E-state index in [1.165, 1.54) is 45.3 Å². The van der Waals surface area contributed by atoms with Crippen molar-refractivity contribution in [2.24, 2.45) is 10.9 Å². The van der Waals surface area contributed by atoms with Gasteiger partial charge in [0.15, 0.2) is 5.96 Å². The van der Waals surface area contributed by atoms with Gasteiger partial charge in [0.25, 0.3) is 0 Å². The van der Waals surface area contributed by atoms with Crippen LogP contribution in [0.25, 0.3) is 0 Å². The van der Waals surface area contributed by atoms with Crippen molar-refractivity contribution in [2.75, 3.05) is 46.4 Å². The summed E-state index contributed by atoms with van der Waals surface area (Å²) in [4.78, 5) is 9.58. The topological polar surface area (TPSA) is 40.1 Å². The largest absolute Gasteiger partial charge is 0.489 e. The van der Waals surface area contributed by atoms with E-state index in [2.05, 4.69) is 32.8 Å². The van der Waals surface area contributed by atoms with Crippen LogP contribution in [-0.4, -0.2) is 62.1 Å². The Kier molecular flexibility index (Phi) is 10.1. The summed E-state index contributed by atoms with van der Waals surface area (Å²) in [6.07, 6.45) is 7.17. The number of nitrogens with one attached hydrogen (secondary N) is 1. The summed E-state index contributed by atoms with van der Waals surface area (Å²) < 4.78 is 5.76. The average Bonchev–Trinajstić information content (AvgIpc) is 3.16. The minimum absolute atomic E-state index is 0. The Morgan fingerprint density at radius 3 is 2.79 bits per heavy atom. The predicted octanol–water partition coefficient (Wildman–Crippen LogP) is 3.75. The fourth-order valence-corrected chi connectivity index (χ4v) is 4.13. The molecule has 2 aliphatic heterocycles. The number of para-hydroxylation sites is 1. The molecule has 0 aromatic heterocycles. The second kappa shape index (κ2) is 12.3. The molecule has 3 rings (SSSR count). The third-order valence-corrected chi connectivity index (χ3v) is 5.53. The second-order valence-corrected chi connectivity index (χ2v) is 7.57. The van der Waals surface area contributed by atoms with Crippen molar-refractivity contribution >= 4 is 29.9 Å². The van der Waals surface area contributed by atoms with Crippen molar-refractivity contribution in [1.82, 2.24) is 15.1 Å². The van der Waals surface area contributed by atoms with Gasteiger partial charge >= 0.3 is 0 Å². The fraction of sp³-hybridized carbons (Fsp3) is 0.591. The molecule has 1 unspecified atom stereocenters. The lowest BCUT2D eigenvalue weighted by Gasteiger charge is -2.29. The van der Waals surface area contributed by atoms with E-state index in [9.17, 15) is 0 Å². The number of ether oxygens (including phenoxy) is 1. The predicted molar refractivity (Wildman–Crippen MR) is 128 cm³/mol. The van der Waals surface area contributed by atoms with Gasteiger partial charge in [-0.2, -0.15) is 0 Å². The lowest BCUT2D eigenvalue weighted by atomic mass is 10.1. The third-order valence-electron chi connectivity index (χ3n) is 5.53. The Morgan fingerprint density at radius 2 is 2.04 bits per heavy atom. The summed E-state index contributed by atoms with van der Waals surface area (Å²) >= 11 is 0. The molecule has 1 aromatic rings. The molecule has 0 saturated carbocycles. The van der Waals surface area contributed by atoms with Crippen LogP contribution in [0.4, 0.5) is 0 Å². The maximum Gasteiger partial charge on any atom is 0.193 e. The lowest BCUT2D eigenvalue weighted by Crippen LogP contribution is -2.41. The molecular formula is C22H35IN4O. The standard InChI is InChI=1S/C22H34N4O.HI/c1-3-15-27-21-10-6-5-9-20(21)16-24-22(23-2)26-14-11-19(18-26)17-25-12-7-4-8-13-25;/h3,5-6,9-10,19H,1,4,7-8,11-18H2,2H3,(H,23,24);1H. The molecule has 0 aliphatic carbocycles. The molecule has 6 heteroatoms. The zero-order chi connectivity index (χ0) is 18.9. The second-order valence-electron chi connectivity index (χ2n) is 7.57. The van der Waals surface area contributed by atoms with Crippen molar-refractivity contribution < 1.29 is 4.74 Å². The Morgan fingerprint density at radius 1 is 1.25 bits per heavy atom. The van der Waals surface area contributed by atoms with E-state index in [-0.39, 0.29) is 24.0 Å². The first-order valence-corrected chi connectivity index (χ1v) is 10.3. The molecule has 2 fully saturated rings. The van der Waals surface area contributed by atoms with E-state index in [0.717, 1.165) is 36.3 Å². The number of aliphatic imine (C=N–C) groups is 1. The molecule has 1 N–H and O–H groups in total. The van der Waals surface area contributed by atoms with Gasteiger partial charge in [-0.15, -0.1) is 24.0 Å². The van der Waals surface area contributed by atoms with E-state index in [1.54, 1.807) is 6.08 Å². The van der Waals surface area contributed by atoms with Crippen LogP contribution < -0.4 is 10.1 Å². The van der Waals surface area contributed by atoms with Gasteiger partial charge in [-0.05, 0) is 44.3 Å². The van der Waals surface area contributed by atoms with E-state index >= 15 is 0 Å². The number of guanidine groups is 1. The van der Waals surface area contributed by atoms with Gasteiger partial charge in [-0.1, -0.05) is 37.3 Å². The number of nitrogens with zero attached hydrogens (tertiary/aromatic N) is 3. The van der Waals surface area contributed by atoms with E-state index in [0.29, 0.717) is 13.2 Å². The summed E-state index contributed by atoms with van der Waals surface area (Å²) in [5, 5.41) is 3.53. The first kappa shape index (κ1) is 23.0. The summed E-state index contributed by atoms with van der Waals surface area (Å²) in [7, 11) is 1.88. The summed E-state index contributed by atoms with van der Waals surface area (Å²) in [6, 6.07) is 8.16. The van der Waals surface area contributed by atoms with Gasteiger partial charge in [0.1, 0.15) is 12.4 Å². The van der Waals surface area contributed by atoms with Crippen LogP contribution in [0.15, 0.2) is 41.9 Å².